The first kappa shape index (κ1) is 14.8. The van der Waals surface area contributed by atoms with Gasteiger partial charge in [-0.1, -0.05) is 12.1 Å². The Balaban J connectivity index is 1.88. The number of aromatic nitrogens is 2. The fourth-order valence-electron chi connectivity index (χ4n) is 3.36. The van der Waals surface area contributed by atoms with E-state index in [1.54, 1.807) is 7.11 Å². The predicted molar refractivity (Wildman–Crippen MR) is 92.8 cm³/mol. The number of pyridine rings is 1. The van der Waals surface area contributed by atoms with Crippen LogP contribution < -0.4 is 10.5 Å². The van der Waals surface area contributed by atoms with Crippen LogP contribution in [-0.2, 0) is 17.3 Å². The highest BCUT2D eigenvalue weighted by Crippen LogP contribution is 2.47. The number of nitrogens with two attached hydrogens (primary N) is 1. The molecule has 24 heavy (non-hydrogen) atoms. The highest BCUT2D eigenvalue weighted by Gasteiger charge is 2.51. The molecular weight excluding hydrogens is 302 g/mol. The third kappa shape index (κ3) is 2.01. The molecule has 1 amide bonds. The van der Waals surface area contributed by atoms with Crippen molar-refractivity contribution in [1.29, 1.82) is 0 Å². The molecule has 5 heteroatoms. The van der Waals surface area contributed by atoms with Gasteiger partial charge in [0.2, 0.25) is 5.91 Å². The fourth-order valence-corrected chi connectivity index (χ4v) is 3.36. The average molecular weight is 321 g/mol. The Kier molecular flexibility index (Phi) is 3.13. The van der Waals surface area contributed by atoms with Gasteiger partial charge in [-0.25, -0.2) is 0 Å². The molecule has 2 aromatic heterocycles. The molecule has 1 aliphatic rings. The number of ether oxygens (including phenoxy) is 1. The minimum absolute atomic E-state index is 0.282. The van der Waals surface area contributed by atoms with Crippen LogP contribution in [-0.4, -0.2) is 22.6 Å². The molecule has 5 nitrogen and oxygen atoms in total. The number of hydrogen-bond acceptors (Lipinski definition) is 3. The van der Waals surface area contributed by atoms with Gasteiger partial charge in [0, 0.05) is 18.0 Å². The number of nitrogens with zero attached hydrogens (tertiary/aromatic N) is 2. The van der Waals surface area contributed by atoms with Crippen LogP contribution >= 0.6 is 0 Å². The lowest BCUT2D eigenvalue weighted by atomic mass is 10.00. The van der Waals surface area contributed by atoms with Crippen molar-refractivity contribution in [2.24, 2.45) is 12.8 Å². The van der Waals surface area contributed by atoms with Crippen molar-refractivity contribution in [2.45, 2.75) is 18.3 Å². The molecule has 0 unspecified atom stereocenters. The van der Waals surface area contributed by atoms with Gasteiger partial charge < -0.3 is 15.0 Å². The zero-order valence-corrected chi connectivity index (χ0v) is 13.7. The summed E-state index contributed by atoms with van der Waals surface area (Å²) in [6.07, 6.45) is 3.40. The largest absolute Gasteiger partial charge is 0.496 e. The minimum Gasteiger partial charge on any atom is -0.496 e. The van der Waals surface area contributed by atoms with Crippen LogP contribution in [0.5, 0.6) is 5.75 Å². The van der Waals surface area contributed by atoms with E-state index in [1.807, 2.05) is 43.6 Å². The Bertz CT molecular complexity index is 954. The van der Waals surface area contributed by atoms with E-state index >= 15 is 0 Å². The van der Waals surface area contributed by atoms with Crippen LogP contribution in [0.3, 0.4) is 0 Å². The molecule has 1 aromatic carbocycles. The van der Waals surface area contributed by atoms with E-state index < -0.39 is 5.41 Å². The molecule has 4 rings (SSSR count). The number of amides is 1. The topological polar surface area (TPSA) is 70.1 Å². The summed E-state index contributed by atoms with van der Waals surface area (Å²) in [5.41, 5.74) is 8.87. The normalized spacial score (nSPS) is 15.4. The third-order valence-electron chi connectivity index (χ3n) is 5.02. The second kappa shape index (κ2) is 5.09. The van der Waals surface area contributed by atoms with Crippen molar-refractivity contribution < 1.29 is 9.53 Å². The van der Waals surface area contributed by atoms with Crippen molar-refractivity contribution in [1.82, 2.24) is 9.55 Å². The van der Waals surface area contributed by atoms with Gasteiger partial charge >= 0.3 is 0 Å². The Morgan fingerprint density at radius 1 is 1.29 bits per heavy atom. The van der Waals surface area contributed by atoms with Gasteiger partial charge in [-0.2, -0.15) is 0 Å². The third-order valence-corrected chi connectivity index (χ3v) is 5.02. The maximum Gasteiger partial charge on any atom is 0.229 e. The van der Waals surface area contributed by atoms with E-state index in [1.165, 1.54) is 0 Å². The van der Waals surface area contributed by atoms with Gasteiger partial charge in [0.05, 0.1) is 35.6 Å². The van der Waals surface area contributed by atoms with Gasteiger partial charge in [-0.15, -0.1) is 0 Å². The zero-order chi connectivity index (χ0) is 16.9. The lowest BCUT2D eigenvalue weighted by molar-refractivity contribution is -0.120. The van der Waals surface area contributed by atoms with Gasteiger partial charge in [0.25, 0.3) is 0 Å². The second-order valence-corrected chi connectivity index (χ2v) is 6.36. The lowest BCUT2D eigenvalue weighted by Gasteiger charge is -2.10. The average Bonchev–Trinajstić information content (AvgIpc) is 3.35. The highest BCUT2D eigenvalue weighted by atomic mass is 16.5. The van der Waals surface area contributed by atoms with Gasteiger partial charge in [-0.05, 0) is 37.1 Å². The first-order valence-electron chi connectivity index (χ1n) is 7.96. The molecule has 0 radical (unpaired) electrons. The number of para-hydroxylation sites is 1. The van der Waals surface area contributed by atoms with Crippen molar-refractivity contribution >= 4 is 16.8 Å². The lowest BCUT2D eigenvalue weighted by Crippen LogP contribution is -2.29. The van der Waals surface area contributed by atoms with Gasteiger partial charge in [-0.3, -0.25) is 9.78 Å². The molecule has 0 aliphatic heterocycles. The molecule has 1 aliphatic carbocycles. The van der Waals surface area contributed by atoms with Crippen LogP contribution in [0.15, 0.2) is 42.6 Å². The zero-order valence-electron chi connectivity index (χ0n) is 13.7. The summed E-state index contributed by atoms with van der Waals surface area (Å²) in [6.45, 7) is 0. The number of carbonyl (C=O) groups is 1. The van der Waals surface area contributed by atoms with E-state index in [2.05, 4.69) is 15.6 Å². The summed E-state index contributed by atoms with van der Waals surface area (Å²) in [6, 6.07) is 12.0. The van der Waals surface area contributed by atoms with E-state index in [0.717, 1.165) is 46.4 Å². The van der Waals surface area contributed by atoms with Crippen LogP contribution in [0.4, 0.5) is 0 Å². The molecule has 0 spiro atoms. The predicted octanol–water partition coefficient (Wildman–Crippen LogP) is 2.77. The SMILES string of the molecule is COc1ccccc1-c1cc2cc(C3(C(N)=O)CC3)ncc2n1C. The van der Waals surface area contributed by atoms with E-state index in [9.17, 15) is 4.79 Å². The maximum absolute atomic E-state index is 11.8. The Labute approximate surface area is 140 Å². The first-order valence-corrected chi connectivity index (χ1v) is 7.96. The van der Waals surface area contributed by atoms with Crippen molar-refractivity contribution in [2.75, 3.05) is 7.11 Å². The van der Waals surface area contributed by atoms with Crippen molar-refractivity contribution in [3.8, 4) is 17.0 Å². The summed E-state index contributed by atoms with van der Waals surface area (Å²) < 4.78 is 7.57. The Morgan fingerprint density at radius 2 is 2.04 bits per heavy atom. The number of methoxy groups -OCH3 is 1. The number of primary amides is 1. The summed E-state index contributed by atoms with van der Waals surface area (Å²) in [5.74, 6) is 0.544. The number of carbonyl (C=O) groups excluding carboxylic acids is 1. The molecular formula is C19H19N3O2. The molecule has 0 atom stereocenters. The quantitative estimate of drug-likeness (QED) is 0.803. The van der Waals surface area contributed by atoms with Crippen molar-refractivity contribution in [3.05, 3.63) is 48.3 Å². The van der Waals surface area contributed by atoms with Gasteiger partial charge in [0.15, 0.2) is 0 Å². The van der Waals surface area contributed by atoms with Gasteiger partial charge in [0.1, 0.15) is 5.75 Å². The molecule has 0 bridgehead atoms. The maximum atomic E-state index is 11.8. The molecule has 122 valence electrons. The molecule has 1 fully saturated rings. The van der Waals surface area contributed by atoms with E-state index in [0.29, 0.717) is 0 Å². The van der Waals surface area contributed by atoms with Crippen LogP contribution in [0.25, 0.3) is 22.2 Å². The summed E-state index contributed by atoms with van der Waals surface area (Å²) in [5, 5.41) is 1.05. The molecule has 3 aromatic rings. The second-order valence-electron chi connectivity index (χ2n) is 6.36. The summed E-state index contributed by atoms with van der Waals surface area (Å²) in [4.78, 5) is 16.3. The molecule has 0 saturated heterocycles. The smallest absolute Gasteiger partial charge is 0.229 e. The molecule has 2 heterocycles. The standard InChI is InChI=1S/C19H19N3O2/c1-22-14(13-5-3-4-6-16(13)24-2)9-12-10-17(21-11-15(12)22)19(7-8-19)18(20)23/h3-6,9-11H,7-8H2,1-2H3,(H2,20,23). The first-order chi connectivity index (χ1) is 11.6. The Morgan fingerprint density at radius 3 is 2.71 bits per heavy atom. The summed E-state index contributed by atoms with van der Waals surface area (Å²) in [7, 11) is 3.68. The monoisotopic (exact) mass is 321 g/mol. The minimum atomic E-state index is -0.561. The number of hydrogen-bond donors (Lipinski definition) is 1. The van der Waals surface area contributed by atoms with Crippen LogP contribution in [0.2, 0.25) is 0 Å². The molecule has 2 N–H and O–H groups in total. The highest BCUT2D eigenvalue weighted by molar-refractivity contribution is 5.92. The Hall–Kier alpha value is -2.82. The van der Waals surface area contributed by atoms with E-state index in [4.69, 9.17) is 10.5 Å². The number of benzene rings is 1. The summed E-state index contributed by atoms with van der Waals surface area (Å²) >= 11 is 0. The fraction of sp³-hybridized carbons (Fsp3) is 0.263. The van der Waals surface area contributed by atoms with E-state index in [-0.39, 0.29) is 5.91 Å². The number of aryl methyl sites for hydroxylation is 1. The van der Waals surface area contributed by atoms with Crippen LogP contribution in [0.1, 0.15) is 18.5 Å². The molecule has 1 saturated carbocycles. The van der Waals surface area contributed by atoms with Crippen LogP contribution in [0, 0.1) is 0 Å². The number of rotatable bonds is 4. The number of fused-ring (bicyclic) bond motifs is 1. The van der Waals surface area contributed by atoms with Crippen molar-refractivity contribution in [3.63, 3.8) is 0 Å².